The molecule has 27 heteroatoms. The fourth-order valence-corrected chi connectivity index (χ4v) is 7.24. The summed E-state index contributed by atoms with van der Waals surface area (Å²) in [6.45, 7) is 21.4. The molecule has 1 aromatic heterocycles. The minimum Gasteiger partial charge on any atom is -0.394 e. The normalized spacial score (nSPS) is 14.0. The van der Waals surface area contributed by atoms with Crippen molar-refractivity contribution in [2.75, 3.05) is 38.7 Å². The number of phosphoric ester groups is 1. The Hall–Kier alpha value is -3.73. The SMILES string of the molecule is C=CCCCCn1cncc1C[C@H](NC(=O)[C@H](CC(C)C)NC(=O)[C@H](C)N(CCC)C(=O)CCOC(C)(C)CO)C(=O)N[C@@H](CO)C(=O)N[C@H](C(N)=O)C(C)OP(=O)(O)O.CC.CCCCNC(=O)[C@@H](N)CS.I. The van der Waals surface area contributed by atoms with Crippen LogP contribution < -0.4 is 38.1 Å². The first kappa shape index (κ1) is 74.5. The first-order valence-electron chi connectivity index (χ1n) is 24.9. The average Bonchev–Trinajstić information content (AvgIpc) is 3.78. The Morgan fingerprint density at radius 2 is 1.49 bits per heavy atom. The van der Waals surface area contributed by atoms with E-state index in [4.69, 9.17) is 16.2 Å². The van der Waals surface area contributed by atoms with Crippen molar-refractivity contribution in [2.24, 2.45) is 17.4 Å². The van der Waals surface area contributed by atoms with Crippen LogP contribution in [0.1, 0.15) is 126 Å². The van der Waals surface area contributed by atoms with Crippen LogP contribution in [0.5, 0.6) is 0 Å². The Balaban J connectivity index is -0.00000317. The summed E-state index contributed by atoms with van der Waals surface area (Å²) in [6, 6.07) is -7.65. The van der Waals surface area contributed by atoms with E-state index in [1.807, 2.05) is 34.6 Å². The molecule has 1 unspecified atom stereocenters. The number of hydrogen-bond acceptors (Lipinski definition) is 15. The highest BCUT2D eigenvalue weighted by Crippen LogP contribution is 2.38. The minimum atomic E-state index is -5.12. The second-order valence-electron chi connectivity index (χ2n) is 18.0. The molecule has 1 rings (SSSR count). The van der Waals surface area contributed by atoms with Crippen LogP contribution in [0.4, 0.5) is 0 Å². The van der Waals surface area contributed by atoms with Gasteiger partial charge in [0.2, 0.25) is 41.4 Å². The molecule has 13 N–H and O–H groups in total. The van der Waals surface area contributed by atoms with E-state index in [-0.39, 0.29) is 80.7 Å². The number of aryl methyl sites for hydroxylation is 1. The molecule has 1 aromatic rings. The molecule has 7 atom stereocenters. The molecule has 0 saturated carbocycles. The summed E-state index contributed by atoms with van der Waals surface area (Å²) in [5, 5.41) is 32.2. The summed E-state index contributed by atoms with van der Waals surface area (Å²) >= 11 is 3.91. The van der Waals surface area contributed by atoms with Crippen LogP contribution >= 0.6 is 44.4 Å². The van der Waals surface area contributed by atoms with Gasteiger partial charge in [0.25, 0.3) is 0 Å². The molecular formula is C47H90IN10O14PS. The number of halogens is 1. The molecule has 0 aliphatic heterocycles. The molecule has 0 aromatic carbocycles. The number of amides is 7. The Bertz CT molecular complexity index is 1880. The summed E-state index contributed by atoms with van der Waals surface area (Å²) in [4.78, 5) is 115. The monoisotopic (exact) mass is 1210 g/mol. The van der Waals surface area contributed by atoms with E-state index in [0.29, 0.717) is 24.4 Å². The van der Waals surface area contributed by atoms with Crippen molar-refractivity contribution < 1.29 is 67.4 Å². The van der Waals surface area contributed by atoms with Crippen LogP contribution in [0, 0.1) is 5.92 Å². The van der Waals surface area contributed by atoms with E-state index in [1.54, 1.807) is 30.8 Å². The van der Waals surface area contributed by atoms with Crippen molar-refractivity contribution in [2.45, 2.75) is 182 Å². The molecule has 0 saturated heterocycles. The third-order valence-corrected chi connectivity index (χ3v) is 11.6. The molecule has 0 aliphatic rings. The van der Waals surface area contributed by atoms with E-state index in [1.165, 1.54) is 18.0 Å². The third kappa shape index (κ3) is 31.3. The van der Waals surface area contributed by atoms with Gasteiger partial charge in [-0.3, -0.25) is 38.1 Å². The third-order valence-electron chi connectivity index (χ3n) is 10.6. The van der Waals surface area contributed by atoms with Crippen molar-refractivity contribution in [3.63, 3.8) is 0 Å². The second kappa shape index (κ2) is 40.5. The van der Waals surface area contributed by atoms with Crippen LogP contribution in [0.15, 0.2) is 25.2 Å². The molecular weight excluding hydrogens is 1120 g/mol. The topological polar surface area (TPSA) is 369 Å². The first-order chi connectivity index (χ1) is 34.2. The van der Waals surface area contributed by atoms with Gasteiger partial charge in [0.15, 0.2) is 0 Å². The maximum atomic E-state index is 14.1. The Morgan fingerprint density at radius 1 is 0.905 bits per heavy atom. The molecule has 430 valence electrons. The highest BCUT2D eigenvalue weighted by molar-refractivity contribution is 14.0. The molecule has 24 nitrogen and oxygen atoms in total. The van der Waals surface area contributed by atoms with Crippen LogP contribution in [-0.4, -0.2) is 162 Å². The molecule has 74 heavy (non-hydrogen) atoms. The zero-order valence-corrected chi connectivity index (χ0v) is 49.2. The lowest BCUT2D eigenvalue weighted by molar-refractivity contribution is -0.143. The number of aliphatic hydroxyl groups is 2. The van der Waals surface area contributed by atoms with Gasteiger partial charge >= 0.3 is 7.82 Å². The van der Waals surface area contributed by atoms with Crippen LogP contribution in [-0.2, 0) is 60.4 Å². The zero-order valence-electron chi connectivity index (χ0n) is 45.0. The van der Waals surface area contributed by atoms with Gasteiger partial charge in [-0.05, 0) is 72.1 Å². The number of hydrogen-bond donors (Lipinski definition) is 12. The van der Waals surface area contributed by atoms with Gasteiger partial charge in [-0.1, -0.05) is 54.0 Å². The van der Waals surface area contributed by atoms with Crippen molar-refractivity contribution in [1.82, 2.24) is 41.0 Å². The number of nitrogens with zero attached hydrogens (tertiary/aromatic N) is 3. The summed E-state index contributed by atoms with van der Waals surface area (Å²) in [6.07, 6.45) is 8.07. The van der Waals surface area contributed by atoms with Gasteiger partial charge in [-0.15, -0.1) is 30.6 Å². The van der Waals surface area contributed by atoms with Crippen molar-refractivity contribution in [3.05, 3.63) is 30.9 Å². The average molecular weight is 1210 g/mol. The number of nitrogens with two attached hydrogens (primary N) is 2. The Morgan fingerprint density at radius 3 is 2.00 bits per heavy atom. The van der Waals surface area contributed by atoms with Gasteiger partial charge in [-0.25, -0.2) is 9.55 Å². The molecule has 0 bridgehead atoms. The minimum absolute atomic E-state index is 0. The maximum absolute atomic E-state index is 14.1. The summed E-state index contributed by atoms with van der Waals surface area (Å²) in [5.74, 6) is -4.97. The second-order valence-corrected chi connectivity index (χ2v) is 19.5. The summed E-state index contributed by atoms with van der Waals surface area (Å²) in [7, 11) is -5.12. The highest BCUT2D eigenvalue weighted by Gasteiger charge is 2.36. The number of thiol groups is 1. The number of imidazole rings is 1. The lowest BCUT2D eigenvalue weighted by atomic mass is 10.0. The van der Waals surface area contributed by atoms with Crippen LogP contribution in [0.25, 0.3) is 0 Å². The number of nitrogens with one attached hydrogen (secondary N) is 5. The number of carbonyl (C=O) groups excluding carboxylic acids is 7. The lowest BCUT2D eigenvalue weighted by Crippen LogP contribution is -2.61. The smallest absolute Gasteiger partial charge is 0.394 e. The number of allylic oxidation sites excluding steroid dienone is 1. The fourth-order valence-electron chi connectivity index (χ4n) is 6.52. The van der Waals surface area contributed by atoms with E-state index >= 15 is 0 Å². The highest BCUT2D eigenvalue weighted by atomic mass is 127. The van der Waals surface area contributed by atoms with Crippen molar-refractivity contribution in [1.29, 1.82) is 0 Å². The van der Waals surface area contributed by atoms with Gasteiger partial charge in [0.05, 0.1) is 50.3 Å². The molecule has 7 amide bonds. The number of aliphatic hydroxyl groups excluding tert-OH is 2. The number of unbranched alkanes of at least 4 members (excludes halogenated alkanes) is 3. The quantitative estimate of drug-likeness (QED) is 0.0150. The van der Waals surface area contributed by atoms with Crippen molar-refractivity contribution >= 4 is 85.8 Å². The number of rotatable bonds is 35. The van der Waals surface area contributed by atoms with Gasteiger partial charge in [-0.2, -0.15) is 12.6 Å². The number of primary amides is 1. The van der Waals surface area contributed by atoms with Crippen molar-refractivity contribution in [3.8, 4) is 0 Å². The van der Waals surface area contributed by atoms with E-state index in [2.05, 4.69) is 62.2 Å². The van der Waals surface area contributed by atoms with Crippen LogP contribution in [0.3, 0.4) is 0 Å². The van der Waals surface area contributed by atoms with Gasteiger partial charge < -0.3 is 72.3 Å². The fraction of sp³-hybridized carbons (Fsp3) is 0.745. The maximum Gasteiger partial charge on any atom is 0.469 e. The summed E-state index contributed by atoms with van der Waals surface area (Å²) in [5.41, 5.74) is 10.4. The predicted molar refractivity (Wildman–Crippen MR) is 296 cm³/mol. The molecule has 0 spiro atoms. The molecule has 0 aliphatic carbocycles. The Kier molecular flexibility index (Phi) is 40.8. The summed E-state index contributed by atoms with van der Waals surface area (Å²) < 4.78 is 23.2. The van der Waals surface area contributed by atoms with Crippen LogP contribution in [0.2, 0.25) is 0 Å². The zero-order chi connectivity index (χ0) is 56.5. The lowest BCUT2D eigenvalue weighted by Gasteiger charge is -2.31. The van der Waals surface area contributed by atoms with E-state index in [0.717, 1.165) is 45.6 Å². The predicted octanol–water partition coefficient (Wildman–Crippen LogP) is 1.35. The number of aromatic nitrogens is 2. The largest absolute Gasteiger partial charge is 0.469 e. The van der Waals surface area contributed by atoms with Gasteiger partial charge in [0, 0.05) is 43.7 Å². The first-order valence-corrected chi connectivity index (χ1v) is 27.0. The molecule has 0 radical (unpaired) electrons. The number of carbonyl (C=O) groups is 7. The molecule has 0 fully saturated rings. The number of ether oxygens (including phenoxy) is 1. The molecule has 1 heterocycles. The van der Waals surface area contributed by atoms with Gasteiger partial charge in [0.1, 0.15) is 30.2 Å². The van der Waals surface area contributed by atoms with E-state index < -0.39 is 91.9 Å². The number of phosphoric acid groups is 1. The Labute approximate surface area is 460 Å². The standard InChI is InChI=1S/C38H67N8O13P.C7H16N2OS.C2H6.HI/c1-9-11-12-13-16-45-23-40-20-27(45)19-29(36(53)43-30(21-47)37(54)44-32(33(39)50)26(6)59-60(55,56)57)42-35(52)28(18-24(3)4)41-34(51)25(5)46(15-10-2)31(49)14-17-58-38(7,8)22-48;1-2-3-4-9-7(10)6(8)5-11;1-2;/h9,20,23-26,28-30,32,47-48H,1,10-19,21-22H2,2-8H3,(H2,39,50)(H,41,51)(H,42,52)(H,43,53)(H,44,54)(H2,55,56,57);6,11H,2-5,8H2,1H3,(H,9,10);1-2H3;1H/t25-,26?,28-,29-,30-,32-;6-;;/m00../s1. The van der Waals surface area contributed by atoms with E-state index in [9.17, 15) is 58.1 Å².